The number of nitrogens with one attached hydrogen (secondary N) is 3. The molecule has 0 aromatic heterocycles. The molecule has 0 aliphatic rings. The van der Waals surface area contributed by atoms with Gasteiger partial charge < -0.3 is 30.9 Å². The van der Waals surface area contributed by atoms with Crippen molar-refractivity contribution >= 4 is 29.1 Å². The van der Waals surface area contributed by atoms with Crippen molar-refractivity contribution in [1.82, 2.24) is 0 Å². The second-order valence-corrected chi connectivity index (χ2v) is 7.71. The highest BCUT2D eigenvalue weighted by Crippen LogP contribution is 2.32. The minimum atomic E-state index is -1.09. The van der Waals surface area contributed by atoms with Crippen molar-refractivity contribution in [2.75, 3.05) is 23.8 Å². The summed E-state index contributed by atoms with van der Waals surface area (Å²) in [5.41, 5.74) is 9.26. The fourth-order valence-electron chi connectivity index (χ4n) is 3.39. The van der Waals surface area contributed by atoms with Crippen molar-refractivity contribution < 1.29 is 24.2 Å². The number of ether oxygens (including phenoxy) is 2. The fourth-order valence-corrected chi connectivity index (χ4v) is 3.39. The molecule has 3 aromatic rings. The number of amides is 1. The Kier molecular flexibility index (Phi) is 8.29. The number of amidine groups is 1. The number of carboxylic acids is 1. The second-order valence-electron chi connectivity index (χ2n) is 7.71. The van der Waals surface area contributed by atoms with Gasteiger partial charge in [0.1, 0.15) is 5.84 Å². The molecule has 0 bridgehead atoms. The highest BCUT2D eigenvalue weighted by atomic mass is 16.5. The van der Waals surface area contributed by atoms with Gasteiger partial charge in [0.25, 0.3) is 5.91 Å². The van der Waals surface area contributed by atoms with E-state index in [0.29, 0.717) is 46.2 Å². The van der Waals surface area contributed by atoms with Crippen LogP contribution in [-0.2, 0) is 11.3 Å². The number of nitrogen functional groups attached to an aromatic ring is 1. The number of anilines is 2. The van der Waals surface area contributed by atoms with Crippen LogP contribution in [0.15, 0.2) is 60.7 Å². The molecule has 35 heavy (non-hydrogen) atoms. The number of hydrogen-bond donors (Lipinski definition) is 5. The number of hydrogen-bond acceptors (Lipinski definition) is 6. The number of aryl methyl sites for hydroxylation is 1. The van der Waals surface area contributed by atoms with Crippen LogP contribution >= 0.6 is 0 Å². The number of carbonyl (C=O) groups is 2. The normalized spacial score (nSPS) is 10.3. The molecule has 1 amide bonds. The zero-order valence-corrected chi connectivity index (χ0v) is 19.6. The van der Waals surface area contributed by atoms with E-state index in [1.807, 2.05) is 26.0 Å². The van der Waals surface area contributed by atoms with Crippen LogP contribution in [0.5, 0.6) is 11.5 Å². The Hall–Kier alpha value is -4.53. The Balaban J connectivity index is 1.82. The topological polar surface area (TPSA) is 147 Å². The van der Waals surface area contributed by atoms with E-state index >= 15 is 0 Å². The molecule has 0 aliphatic carbocycles. The van der Waals surface area contributed by atoms with E-state index in [-0.39, 0.29) is 18.3 Å². The molecule has 0 heterocycles. The van der Waals surface area contributed by atoms with Crippen LogP contribution in [0.3, 0.4) is 0 Å². The minimum Gasteiger partial charge on any atom is -0.490 e. The average molecular weight is 477 g/mol. The Labute approximate surface area is 203 Å². The van der Waals surface area contributed by atoms with Gasteiger partial charge in [-0.1, -0.05) is 23.8 Å². The summed E-state index contributed by atoms with van der Waals surface area (Å²) >= 11 is 0. The molecule has 0 saturated heterocycles. The third-order valence-electron chi connectivity index (χ3n) is 5.04. The summed E-state index contributed by atoms with van der Waals surface area (Å²) in [4.78, 5) is 24.1. The van der Waals surface area contributed by atoms with Gasteiger partial charge in [0, 0.05) is 29.0 Å². The quantitative estimate of drug-likeness (QED) is 0.208. The first-order valence-corrected chi connectivity index (χ1v) is 11.0. The monoisotopic (exact) mass is 476 g/mol. The summed E-state index contributed by atoms with van der Waals surface area (Å²) in [6.07, 6.45) is 0. The Morgan fingerprint density at radius 2 is 1.80 bits per heavy atom. The van der Waals surface area contributed by atoms with Crippen LogP contribution in [0, 0.1) is 12.3 Å². The van der Waals surface area contributed by atoms with Crippen LogP contribution < -0.4 is 25.8 Å². The smallest absolute Gasteiger partial charge is 0.341 e. The second kappa shape index (κ2) is 11.6. The summed E-state index contributed by atoms with van der Waals surface area (Å²) in [6.45, 7) is 3.89. The zero-order chi connectivity index (χ0) is 25.4. The van der Waals surface area contributed by atoms with Gasteiger partial charge in [-0.15, -0.1) is 0 Å². The van der Waals surface area contributed by atoms with Gasteiger partial charge in [-0.2, -0.15) is 0 Å². The predicted octanol–water partition coefficient (Wildman–Crippen LogP) is 4.01. The van der Waals surface area contributed by atoms with Crippen molar-refractivity contribution in [3.05, 3.63) is 82.9 Å². The standard InChI is InChI=1S/C26H28N4O5/c1-3-34-22-6-4-5-18(24(22)35-15-23(31)32)14-29-21-12-7-16(2)13-20(21)26(33)30-19-10-8-17(9-11-19)25(27)28/h4-13,29H,3,14-15H2,1-2H3,(H3,27,28)(H,30,33)(H,31,32). The van der Waals surface area contributed by atoms with Crippen molar-refractivity contribution in [3.8, 4) is 11.5 Å². The summed E-state index contributed by atoms with van der Waals surface area (Å²) in [5.74, 6) is -0.661. The molecule has 0 saturated carbocycles. The largest absolute Gasteiger partial charge is 0.490 e. The third-order valence-corrected chi connectivity index (χ3v) is 5.04. The summed E-state index contributed by atoms with van der Waals surface area (Å²) in [7, 11) is 0. The van der Waals surface area contributed by atoms with E-state index in [9.17, 15) is 9.59 Å². The van der Waals surface area contributed by atoms with E-state index < -0.39 is 12.6 Å². The van der Waals surface area contributed by atoms with Gasteiger partial charge in [0.2, 0.25) is 0 Å². The lowest BCUT2D eigenvalue weighted by molar-refractivity contribution is -0.139. The van der Waals surface area contributed by atoms with Crippen LogP contribution in [0.1, 0.15) is 34.0 Å². The third kappa shape index (κ3) is 6.73. The van der Waals surface area contributed by atoms with E-state index in [1.165, 1.54) is 0 Å². The van der Waals surface area contributed by atoms with Gasteiger partial charge >= 0.3 is 5.97 Å². The molecule has 6 N–H and O–H groups in total. The number of aliphatic carboxylic acids is 1. The summed E-state index contributed by atoms with van der Waals surface area (Å²) in [5, 5.41) is 22.6. The number of benzene rings is 3. The first kappa shape index (κ1) is 25.1. The SMILES string of the molecule is CCOc1cccc(CNc2ccc(C)cc2C(=O)Nc2ccc(C(=N)N)cc2)c1OCC(=O)O. The van der Waals surface area contributed by atoms with E-state index in [1.54, 1.807) is 48.5 Å². The van der Waals surface area contributed by atoms with E-state index in [2.05, 4.69) is 10.6 Å². The number of carbonyl (C=O) groups excluding carboxylic acids is 1. The molecule has 3 aromatic carbocycles. The average Bonchev–Trinajstić information content (AvgIpc) is 2.83. The molecule has 0 atom stereocenters. The van der Waals surface area contributed by atoms with Crippen molar-refractivity contribution in [1.29, 1.82) is 5.41 Å². The van der Waals surface area contributed by atoms with Gasteiger partial charge in [0.05, 0.1) is 12.2 Å². The maximum atomic E-state index is 13.1. The number of carboxylic acid groups (broad SMARTS) is 1. The lowest BCUT2D eigenvalue weighted by Crippen LogP contribution is -2.16. The van der Waals surface area contributed by atoms with Gasteiger partial charge in [-0.3, -0.25) is 10.2 Å². The molecule has 0 radical (unpaired) electrons. The Morgan fingerprint density at radius 1 is 1.06 bits per heavy atom. The maximum Gasteiger partial charge on any atom is 0.341 e. The molecule has 3 rings (SSSR count). The number of rotatable bonds is 11. The first-order valence-electron chi connectivity index (χ1n) is 11.0. The molecular weight excluding hydrogens is 448 g/mol. The van der Waals surface area contributed by atoms with E-state index in [0.717, 1.165) is 5.56 Å². The first-order chi connectivity index (χ1) is 16.8. The Bertz CT molecular complexity index is 1220. The molecule has 9 heteroatoms. The highest BCUT2D eigenvalue weighted by molar-refractivity contribution is 6.08. The lowest BCUT2D eigenvalue weighted by atomic mass is 10.1. The zero-order valence-electron chi connectivity index (χ0n) is 19.6. The number of nitrogens with two attached hydrogens (primary N) is 1. The molecule has 0 spiro atoms. The molecule has 9 nitrogen and oxygen atoms in total. The maximum absolute atomic E-state index is 13.1. The van der Waals surface area contributed by atoms with Crippen molar-refractivity contribution in [3.63, 3.8) is 0 Å². The predicted molar refractivity (Wildman–Crippen MR) is 135 cm³/mol. The van der Waals surface area contributed by atoms with Crippen LogP contribution in [0.2, 0.25) is 0 Å². The van der Waals surface area contributed by atoms with Crippen LogP contribution in [-0.4, -0.2) is 36.0 Å². The van der Waals surface area contributed by atoms with Gasteiger partial charge in [-0.05, 0) is 56.3 Å². The lowest BCUT2D eigenvalue weighted by Gasteiger charge is -2.17. The number of para-hydroxylation sites is 1. The fraction of sp³-hybridized carbons (Fsp3) is 0.192. The molecular formula is C26H28N4O5. The van der Waals surface area contributed by atoms with Gasteiger partial charge in [0.15, 0.2) is 18.1 Å². The van der Waals surface area contributed by atoms with Crippen LogP contribution in [0.25, 0.3) is 0 Å². The Morgan fingerprint density at radius 3 is 2.46 bits per heavy atom. The molecule has 182 valence electrons. The molecule has 0 fully saturated rings. The van der Waals surface area contributed by atoms with Gasteiger partial charge in [-0.25, -0.2) is 4.79 Å². The van der Waals surface area contributed by atoms with Crippen molar-refractivity contribution in [2.24, 2.45) is 5.73 Å². The summed E-state index contributed by atoms with van der Waals surface area (Å²) < 4.78 is 11.1. The molecule has 0 aliphatic heterocycles. The van der Waals surface area contributed by atoms with Crippen molar-refractivity contribution in [2.45, 2.75) is 20.4 Å². The minimum absolute atomic E-state index is 0.0480. The van der Waals surface area contributed by atoms with Crippen LogP contribution in [0.4, 0.5) is 11.4 Å². The molecule has 0 unspecified atom stereocenters. The summed E-state index contributed by atoms with van der Waals surface area (Å²) in [6, 6.07) is 17.5. The van der Waals surface area contributed by atoms with E-state index in [4.69, 9.17) is 25.7 Å². The highest BCUT2D eigenvalue weighted by Gasteiger charge is 2.16.